The van der Waals surface area contributed by atoms with Crippen LogP contribution in [0, 0.1) is 0 Å². The summed E-state index contributed by atoms with van der Waals surface area (Å²) in [4.78, 5) is 18.2. The SMILES string of the molecule is CCC(N)c1ccc(N2CC(=O)Nc3ccccc32)cn1. The molecule has 2 aromatic rings. The van der Waals surface area contributed by atoms with E-state index in [1.165, 1.54) is 0 Å². The fourth-order valence-corrected chi connectivity index (χ4v) is 2.45. The quantitative estimate of drug-likeness (QED) is 0.907. The van der Waals surface area contributed by atoms with Crippen LogP contribution in [0.25, 0.3) is 0 Å². The number of benzene rings is 1. The van der Waals surface area contributed by atoms with Crippen LogP contribution in [0.5, 0.6) is 0 Å². The Kier molecular flexibility index (Phi) is 3.58. The third-order valence-electron chi connectivity index (χ3n) is 3.67. The van der Waals surface area contributed by atoms with Crippen LogP contribution in [0.1, 0.15) is 25.1 Å². The summed E-state index contributed by atoms with van der Waals surface area (Å²) in [6, 6.07) is 11.6. The highest BCUT2D eigenvalue weighted by atomic mass is 16.2. The van der Waals surface area contributed by atoms with Gasteiger partial charge in [-0.2, -0.15) is 0 Å². The molecule has 0 radical (unpaired) electrons. The topological polar surface area (TPSA) is 71.2 Å². The van der Waals surface area contributed by atoms with Gasteiger partial charge in [0.15, 0.2) is 0 Å². The van der Waals surface area contributed by atoms with Gasteiger partial charge < -0.3 is 16.0 Å². The maximum Gasteiger partial charge on any atom is 0.244 e. The van der Waals surface area contributed by atoms with Crippen LogP contribution in [-0.2, 0) is 4.79 Å². The molecule has 1 amide bonds. The standard InChI is InChI=1S/C16H18N4O/c1-2-12(17)13-8-7-11(9-18-13)20-10-16(21)19-14-5-3-4-6-15(14)20/h3-9,12H,2,10,17H2,1H3,(H,19,21). The van der Waals surface area contributed by atoms with Crippen molar-refractivity contribution in [3.63, 3.8) is 0 Å². The van der Waals surface area contributed by atoms with Crippen molar-refractivity contribution in [1.29, 1.82) is 0 Å². The van der Waals surface area contributed by atoms with Gasteiger partial charge in [-0.25, -0.2) is 0 Å². The number of fused-ring (bicyclic) bond motifs is 1. The van der Waals surface area contributed by atoms with E-state index in [9.17, 15) is 4.79 Å². The first kappa shape index (κ1) is 13.6. The number of rotatable bonds is 3. The van der Waals surface area contributed by atoms with E-state index in [1.54, 1.807) is 6.20 Å². The van der Waals surface area contributed by atoms with Crippen LogP contribution in [-0.4, -0.2) is 17.4 Å². The molecule has 1 aliphatic rings. The Balaban J connectivity index is 1.95. The molecule has 0 spiro atoms. The molecule has 0 saturated carbocycles. The molecule has 0 aliphatic carbocycles. The number of anilines is 3. The molecule has 1 aromatic carbocycles. The van der Waals surface area contributed by atoms with Gasteiger partial charge in [-0.05, 0) is 30.7 Å². The molecule has 0 bridgehead atoms. The largest absolute Gasteiger partial charge is 0.329 e. The maximum atomic E-state index is 11.8. The Morgan fingerprint density at radius 2 is 2.14 bits per heavy atom. The van der Waals surface area contributed by atoms with Gasteiger partial charge in [-0.3, -0.25) is 9.78 Å². The second-order valence-electron chi connectivity index (χ2n) is 5.11. The molecule has 1 aromatic heterocycles. The first-order valence-electron chi connectivity index (χ1n) is 7.07. The van der Waals surface area contributed by atoms with Crippen LogP contribution in [0.3, 0.4) is 0 Å². The molecule has 3 N–H and O–H groups in total. The molecule has 108 valence electrons. The highest BCUT2D eigenvalue weighted by molar-refractivity contribution is 6.03. The summed E-state index contributed by atoms with van der Waals surface area (Å²) in [7, 11) is 0. The number of nitrogens with two attached hydrogens (primary N) is 1. The molecular weight excluding hydrogens is 264 g/mol. The predicted octanol–water partition coefficient (Wildman–Crippen LogP) is 2.58. The summed E-state index contributed by atoms with van der Waals surface area (Å²) in [6.07, 6.45) is 2.63. The van der Waals surface area contributed by atoms with E-state index in [0.29, 0.717) is 0 Å². The molecule has 1 atom stereocenters. The van der Waals surface area contributed by atoms with E-state index in [4.69, 9.17) is 5.73 Å². The number of carbonyl (C=O) groups excluding carboxylic acids is 1. The summed E-state index contributed by atoms with van der Waals surface area (Å²) in [5.41, 5.74) is 9.55. The normalized spacial score (nSPS) is 15.3. The Bertz CT molecular complexity index is 654. The number of nitrogens with one attached hydrogen (secondary N) is 1. The summed E-state index contributed by atoms with van der Waals surface area (Å²) >= 11 is 0. The van der Waals surface area contributed by atoms with Gasteiger partial charge >= 0.3 is 0 Å². The lowest BCUT2D eigenvalue weighted by molar-refractivity contribution is -0.115. The highest BCUT2D eigenvalue weighted by Gasteiger charge is 2.23. The van der Waals surface area contributed by atoms with Gasteiger partial charge in [0.1, 0.15) is 6.54 Å². The van der Waals surface area contributed by atoms with Crippen molar-refractivity contribution < 1.29 is 4.79 Å². The average Bonchev–Trinajstić information content (AvgIpc) is 2.53. The van der Waals surface area contributed by atoms with E-state index in [-0.39, 0.29) is 18.5 Å². The number of aromatic nitrogens is 1. The van der Waals surface area contributed by atoms with E-state index in [0.717, 1.165) is 29.2 Å². The van der Waals surface area contributed by atoms with Gasteiger partial charge in [0.2, 0.25) is 5.91 Å². The molecular formula is C16H18N4O. The lowest BCUT2D eigenvalue weighted by atomic mass is 10.1. The number of hydrogen-bond acceptors (Lipinski definition) is 4. The summed E-state index contributed by atoms with van der Waals surface area (Å²) in [5.74, 6) is -0.0250. The van der Waals surface area contributed by atoms with Gasteiger partial charge in [0, 0.05) is 6.04 Å². The molecule has 2 heterocycles. The van der Waals surface area contributed by atoms with E-state index in [2.05, 4.69) is 10.3 Å². The van der Waals surface area contributed by atoms with Crippen LogP contribution < -0.4 is 16.0 Å². The zero-order valence-electron chi connectivity index (χ0n) is 11.9. The van der Waals surface area contributed by atoms with E-state index >= 15 is 0 Å². The van der Waals surface area contributed by atoms with Crippen molar-refractivity contribution in [2.45, 2.75) is 19.4 Å². The lowest BCUT2D eigenvalue weighted by Crippen LogP contribution is -2.35. The predicted molar refractivity (Wildman–Crippen MR) is 83.5 cm³/mol. The Morgan fingerprint density at radius 1 is 1.33 bits per heavy atom. The molecule has 21 heavy (non-hydrogen) atoms. The fraction of sp³-hybridized carbons (Fsp3) is 0.250. The zero-order valence-corrected chi connectivity index (χ0v) is 11.9. The number of hydrogen-bond donors (Lipinski definition) is 2. The molecule has 0 saturated heterocycles. The molecule has 5 heteroatoms. The van der Waals surface area contributed by atoms with Crippen molar-refractivity contribution >= 4 is 23.0 Å². The Morgan fingerprint density at radius 3 is 2.86 bits per heavy atom. The third-order valence-corrected chi connectivity index (χ3v) is 3.67. The first-order valence-corrected chi connectivity index (χ1v) is 7.07. The van der Waals surface area contributed by atoms with Crippen molar-refractivity contribution in [2.24, 2.45) is 5.73 Å². The summed E-state index contributed by atoms with van der Waals surface area (Å²) in [6.45, 7) is 2.32. The van der Waals surface area contributed by atoms with Crippen LogP contribution >= 0.6 is 0 Å². The number of amides is 1. The van der Waals surface area contributed by atoms with Gasteiger partial charge in [-0.1, -0.05) is 19.1 Å². The molecule has 3 rings (SSSR count). The maximum absolute atomic E-state index is 11.8. The smallest absolute Gasteiger partial charge is 0.244 e. The second-order valence-corrected chi connectivity index (χ2v) is 5.11. The molecule has 1 unspecified atom stereocenters. The van der Waals surface area contributed by atoms with Crippen molar-refractivity contribution in [1.82, 2.24) is 4.98 Å². The summed E-state index contributed by atoms with van der Waals surface area (Å²) in [5, 5.41) is 2.88. The van der Waals surface area contributed by atoms with Crippen LogP contribution in [0.4, 0.5) is 17.1 Å². The van der Waals surface area contributed by atoms with Crippen LogP contribution in [0.2, 0.25) is 0 Å². The second kappa shape index (κ2) is 5.54. The fourth-order valence-electron chi connectivity index (χ4n) is 2.45. The first-order chi connectivity index (χ1) is 10.2. The Labute approximate surface area is 123 Å². The van der Waals surface area contributed by atoms with Gasteiger partial charge in [0.25, 0.3) is 0 Å². The van der Waals surface area contributed by atoms with E-state index in [1.807, 2.05) is 48.2 Å². The van der Waals surface area contributed by atoms with Crippen molar-refractivity contribution in [2.75, 3.05) is 16.8 Å². The number of pyridine rings is 1. The molecule has 1 aliphatic heterocycles. The monoisotopic (exact) mass is 282 g/mol. The number of nitrogens with zero attached hydrogens (tertiary/aromatic N) is 2. The lowest BCUT2D eigenvalue weighted by Gasteiger charge is -2.30. The van der Waals surface area contributed by atoms with Gasteiger partial charge in [0.05, 0.1) is 29.0 Å². The number of para-hydroxylation sites is 2. The van der Waals surface area contributed by atoms with Crippen molar-refractivity contribution in [3.8, 4) is 0 Å². The van der Waals surface area contributed by atoms with Gasteiger partial charge in [-0.15, -0.1) is 0 Å². The summed E-state index contributed by atoms with van der Waals surface area (Å²) < 4.78 is 0. The minimum Gasteiger partial charge on any atom is -0.329 e. The van der Waals surface area contributed by atoms with Crippen LogP contribution in [0.15, 0.2) is 42.6 Å². The average molecular weight is 282 g/mol. The third kappa shape index (κ3) is 2.60. The number of carbonyl (C=O) groups is 1. The van der Waals surface area contributed by atoms with E-state index < -0.39 is 0 Å². The zero-order chi connectivity index (χ0) is 14.8. The minimum absolute atomic E-state index is 0.0250. The van der Waals surface area contributed by atoms with Crippen molar-refractivity contribution in [3.05, 3.63) is 48.3 Å². The minimum atomic E-state index is -0.0454. The highest BCUT2D eigenvalue weighted by Crippen LogP contribution is 2.34. The molecule has 0 fully saturated rings. The molecule has 5 nitrogen and oxygen atoms in total. The Hall–Kier alpha value is -2.40.